The molecule has 0 aromatic heterocycles. The van der Waals surface area contributed by atoms with E-state index >= 15 is 0 Å². The zero-order valence-electron chi connectivity index (χ0n) is 12.0. The maximum Gasteiger partial charge on any atom is 0.257 e. The lowest BCUT2D eigenvalue weighted by Crippen LogP contribution is -2.39. The lowest BCUT2D eigenvalue weighted by atomic mass is 9.93. The molecule has 0 radical (unpaired) electrons. The molecule has 2 amide bonds. The second kappa shape index (κ2) is 6.93. The minimum Gasteiger partial charge on any atom is -0.496 e. The van der Waals surface area contributed by atoms with Crippen LogP contribution in [0.5, 0.6) is 5.75 Å². The Morgan fingerprint density at radius 2 is 2.05 bits per heavy atom. The molecule has 0 spiro atoms. The number of rotatable bonds is 4. The molecule has 0 atom stereocenters. The van der Waals surface area contributed by atoms with Crippen LogP contribution in [0.3, 0.4) is 0 Å². The van der Waals surface area contributed by atoms with Gasteiger partial charge in [0.2, 0.25) is 5.91 Å². The maximum atomic E-state index is 12.6. The van der Waals surface area contributed by atoms with E-state index in [0.717, 1.165) is 17.3 Å². The summed E-state index contributed by atoms with van der Waals surface area (Å²) in [6, 6.07) is 5.38. The molecule has 0 aliphatic carbocycles. The van der Waals surface area contributed by atoms with Gasteiger partial charge in [-0.1, -0.05) is 15.9 Å². The van der Waals surface area contributed by atoms with Crippen LogP contribution >= 0.6 is 15.9 Å². The highest BCUT2D eigenvalue weighted by atomic mass is 79.9. The molecule has 0 saturated carbocycles. The van der Waals surface area contributed by atoms with Gasteiger partial charge < -0.3 is 15.4 Å². The number of ether oxygens (including phenoxy) is 1. The van der Waals surface area contributed by atoms with Crippen LogP contribution in [0.2, 0.25) is 0 Å². The smallest absolute Gasteiger partial charge is 0.257 e. The molecule has 114 valence electrons. The summed E-state index contributed by atoms with van der Waals surface area (Å²) >= 11 is 3.36. The Labute approximate surface area is 132 Å². The number of carbonyl (C=O) groups is 2. The van der Waals surface area contributed by atoms with Gasteiger partial charge in [0.1, 0.15) is 5.75 Å². The summed E-state index contributed by atoms with van der Waals surface area (Å²) in [6.07, 6.45) is 2.03. The Morgan fingerprint density at radius 3 is 2.62 bits per heavy atom. The number of piperidine rings is 1. The molecule has 0 bridgehead atoms. The number of amides is 2. The number of halogens is 1. The normalized spacial score (nSPS) is 15.8. The van der Waals surface area contributed by atoms with Gasteiger partial charge in [-0.25, -0.2) is 0 Å². The summed E-state index contributed by atoms with van der Waals surface area (Å²) < 4.78 is 6.14. The third kappa shape index (κ3) is 3.97. The molecule has 1 aliphatic heterocycles. The highest BCUT2D eigenvalue weighted by Crippen LogP contribution is 2.27. The number of carbonyl (C=O) groups excluding carboxylic acids is 2. The predicted molar refractivity (Wildman–Crippen MR) is 83.1 cm³/mol. The highest BCUT2D eigenvalue weighted by Gasteiger charge is 2.26. The summed E-state index contributed by atoms with van der Waals surface area (Å²) in [5.41, 5.74) is 5.78. The zero-order chi connectivity index (χ0) is 15.4. The number of hydrogen-bond donors (Lipinski definition) is 1. The molecule has 1 fully saturated rings. The van der Waals surface area contributed by atoms with Gasteiger partial charge in [0.05, 0.1) is 12.7 Å². The monoisotopic (exact) mass is 354 g/mol. The number of benzene rings is 1. The number of hydrogen-bond acceptors (Lipinski definition) is 3. The van der Waals surface area contributed by atoms with E-state index in [1.165, 1.54) is 0 Å². The van der Waals surface area contributed by atoms with E-state index in [9.17, 15) is 9.59 Å². The molecule has 21 heavy (non-hydrogen) atoms. The van der Waals surface area contributed by atoms with Crippen molar-refractivity contribution in [1.29, 1.82) is 0 Å². The van der Waals surface area contributed by atoms with Gasteiger partial charge in [-0.05, 0) is 37.0 Å². The van der Waals surface area contributed by atoms with Gasteiger partial charge in [-0.15, -0.1) is 0 Å². The van der Waals surface area contributed by atoms with E-state index in [0.29, 0.717) is 36.7 Å². The van der Waals surface area contributed by atoms with Crippen LogP contribution in [0.15, 0.2) is 22.7 Å². The zero-order valence-corrected chi connectivity index (χ0v) is 13.6. The van der Waals surface area contributed by atoms with Gasteiger partial charge in [0.25, 0.3) is 5.91 Å². The first-order chi connectivity index (χ1) is 10.0. The molecule has 2 N–H and O–H groups in total. The molecule has 1 aromatic rings. The van der Waals surface area contributed by atoms with Gasteiger partial charge in [-0.3, -0.25) is 9.59 Å². The minimum atomic E-state index is -0.269. The van der Waals surface area contributed by atoms with E-state index in [1.54, 1.807) is 19.2 Å². The van der Waals surface area contributed by atoms with E-state index < -0.39 is 0 Å². The van der Waals surface area contributed by atoms with Crippen LogP contribution in [0, 0.1) is 5.92 Å². The second-order valence-corrected chi connectivity index (χ2v) is 6.17. The number of nitrogens with zero attached hydrogens (tertiary/aromatic N) is 1. The van der Waals surface area contributed by atoms with E-state index in [4.69, 9.17) is 10.5 Å². The highest BCUT2D eigenvalue weighted by molar-refractivity contribution is 9.10. The van der Waals surface area contributed by atoms with E-state index in [2.05, 4.69) is 15.9 Å². The lowest BCUT2D eigenvalue weighted by molar-refractivity contribution is -0.119. The minimum absolute atomic E-state index is 0.0307. The summed E-state index contributed by atoms with van der Waals surface area (Å²) in [6.45, 7) is 1.30. The van der Waals surface area contributed by atoms with Crippen molar-refractivity contribution in [3.8, 4) is 5.75 Å². The van der Waals surface area contributed by atoms with Crippen molar-refractivity contribution < 1.29 is 14.3 Å². The van der Waals surface area contributed by atoms with Crippen molar-refractivity contribution >= 4 is 27.7 Å². The first kappa shape index (κ1) is 15.8. The molecule has 5 nitrogen and oxygen atoms in total. The van der Waals surface area contributed by atoms with Crippen molar-refractivity contribution in [1.82, 2.24) is 4.90 Å². The molecular formula is C15H19BrN2O3. The Morgan fingerprint density at radius 1 is 1.38 bits per heavy atom. The Kier molecular flexibility index (Phi) is 5.22. The fraction of sp³-hybridized carbons (Fsp3) is 0.467. The third-order valence-corrected chi connectivity index (χ3v) is 4.28. The quantitative estimate of drug-likeness (QED) is 0.900. The van der Waals surface area contributed by atoms with E-state index in [-0.39, 0.29) is 11.8 Å². The number of primary amides is 1. The fourth-order valence-corrected chi connectivity index (χ4v) is 2.98. The van der Waals surface area contributed by atoms with Crippen LogP contribution < -0.4 is 10.5 Å². The van der Waals surface area contributed by atoms with Crippen LogP contribution in [0.25, 0.3) is 0 Å². The fourth-order valence-electron chi connectivity index (χ4n) is 2.64. The first-order valence-electron chi connectivity index (χ1n) is 6.92. The molecule has 1 aliphatic rings. The van der Waals surface area contributed by atoms with Gasteiger partial charge in [-0.2, -0.15) is 0 Å². The molecule has 1 heterocycles. The van der Waals surface area contributed by atoms with Crippen molar-refractivity contribution in [2.45, 2.75) is 19.3 Å². The number of nitrogens with two attached hydrogens (primary N) is 1. The average molecular weight is 355 g/mol. The van der Waals surface area contributed by atoms with E-state index in [1.807, 2.05) is 11.0 Å². The molecule has 1 saturated heterocycles. The topological polar surface area (TPSA) is 72.6 Å². The molecule has 0 unspecified atom stereocenters. The first-order valence-corrected chi connectivity index (χ1v) is 7.71. The molecule has 1 aromatic carbocycles. The SMILES string of the molecule is COc1cc(Br)ccc1C(=O)N1CCC(CC(N)=O)CC1. The molecular weight excluding hydrogens is 336 g/mol. The maximum absolute atomic E-state index is 12.6. The van der Waals surface area contributed by atoms with Crippen molar-refractivity contribution in [3.05, 3.63) is 28.2 Å². The summed E-state index contributed by atoms with van der Waals surface area (Å²) in [5.74, 6) is 0.554. The van der Waals surface area contributed by atoms with Gasteiger partial charge in [0.15, 0.2) is 0 Å². The lowest BCUT2D eigenvalue weighted by Gasteiger charge is -2.31. The van der Waals surface area contributed by atoms with Crippen molar-refractivity contribution in [2.75, 3.05) is 20.2 Å². The summed E-state index contributed by atoms with van der Waals surface area (Å²) in [5, 5.41) is 0. The third-order valence-electron chi connectivity index (χ3n) is 3.79. The van der Waals surface area contributed by atoms with Crippen molar-refractivity contribution in [2.24, 2.45) is 11.7 Å². The number of methoxy groups -OCH3 is 1. The summed E-state index contributed by atoms with van der Waals surface area (Å²) in [7, 11) is 1.55. The molecule has 2 rings (SSSR count). The van der Waals surface area contributed by atoms with Gasteiger partial charge >= 0.3 is 0 Å². The van der Waals surface area contributed by atoms with Crippen molar-refractivity contribution in [3.63, 3.8) is 0 Å². The standard InChI is InChI=1S/C15H19BrN2O3/c1-21-13-9-11(16)2-3-12(13)15(20)18-6-4-10(5-7-18)8-14(17)19/h2-3,9-10H,4-8H2,1H3,(H2,17,19). The Hall–Kier alpha value is -1.56. The van der Waals surface area contributed by atoms with Crippen LogP contribution in [0.4, 0.5) is 0 Å². The predicted octanol–water partition coefficient (Wildman–Crippen LogP) is 2.19. The Bertz CT molecular complexity index is 540. The van der Waals surface area contributed by atoms with Gasteiger partial charge in [0, 0.05) is 24.0 Å². The average Bonchev–Trinajstić information content (AvgIpc) is 2.46. The van der Waals surface area contributed by atoms with Crippen LogP contribution in [-0.4, -0.2) is 36.9 Å². The largest absolute Gasteiger partial charge is 0.496 e. The Balaban J connectivity index is 2.03. The van der Waals surface area contributed by atoms with Crippen LogP contribution in [0.1, 0.15) is 29.6 Å². The molecule has 6 heteroatoms. The van der Waals surface area contributed by atoms with Crippen LogP contribution in [-0.2, 0) is 4.79 Å². The number of likely N-dealkylation sites (tertiary alicyclic amines) is 1. The second-order valence-electron chi connectivity index (χ2n) is 5.25. The summed E-state index contributed by atoms with van der Waals surface area (Å²) in [4.78, 5) is 25.3.